The van der Waals surface area contributed by atoms with Gasteiger partial charge in [0, 0.05) is 4.47 Å². The van der Waals surface area contributed by atoms with Crippen LogP contribution < -0.4 is 4.74 Å². The van der Waals surface area contributed by atoms with E-state index < -0.39 is 0 Å². The Morgan fingerprint density at radius 3 is 2.86 bits per heavy atom. The van der Waals surface area contributed by atoms with Gasteiger partial charge in [-0.25, -0.2) is 4.98 Å². The second kappa shape index (κ2) is 5.69. The molecule has 21 heavy (non-hydrogen) atoms. The Morgan fingerprint density at radius 1 is 1.29 bits per heavy atom. The molecular weight excluding hydrogens is 334 g/mol. The molecule has 0 radical (unpaired) electrons. The number of fused-ring (bicyclic) bond motifs is 1. The Kier molecular flexibility index (Phi) is 3.75. The first-order valence-electron chi connectivity index (χ1n) is 6.38. The molecule has 1 aromatic heterocycles. The summed E-state index contributed by atoms with van der Waals surface area (Å²) in [6.07, 6.45) is 0.104. The lowest BCUT2D eigenvalue weighted by Gasteiger charge is -2.06. The number of aromatic nitrogens is 1. The van der Waals surface area contributed by atoms with Gasteiger partial charge in [0.2, 0.25) is 5.89 Å². The van der Waals surface area contributed by atoms with Gasteiger partial charge in [-0.05, 0) is 30.3 Å². The first-order chi connectivity index (χ1) is 10.2. The third kappa shape index (κ3) is 2.83. The first-order valence-corrected chi connectivity index (χ1v) is 7.18. The highest BCUT2D eigenvalue weighted by atomic mass is 79.9. The van der Waals surface area contributed by atoms with Gasteiger partial charge in [0.05, 0.1) is 19.1 Å². The molecule has 3 aromatic rings. The zero-order valence-corrected chi connectivity index (χ0v) is 12.9. The second-order valence-electron chi connectivity index (χ2n) is 4.52. The summed E-state index contributed by atoms with van der Waals surface area (Å²) in [4.78, 5) is 16.7. The quantitative estimate of drug-likeness (QED) is 0.670. The van der Waals surface area contributed by atoms with E-state index in [1.54, 1.807) is 12.1 Å². The SMILES string of the molecule is COc1cc(Br)ccc1C(=O)Cc1nc2ccccc2o1. The Bertz CT molecular complexity index is 777. The van der Waals surface area contributed by atoms with E-state index in [0.29, 0.717) is 22.8 Å². The molecule has 1 heterocycles. The summed E-state index contributed by atoms with van der Waals surface area (Å²) in [5.74, 6) is 0.850. The summed E-state index contributed by atoms with van der Waals surface area (Å²) in [7, 11) is 1.54. The summed E-state index contributed by atoms with van der Waals surface area (Å²) < 4.78 is 11.7. The molecule has 0 amide bonds. The minimum Gasteiger partial charge on any atom is -0.496 e. The molecule has 0 unspecified atom stereocenters. The molecule has 106 valence electrons. The van der Waals surface area contributed by atoms with Crippen molar-refractivity contribution < 1.29 is 13.9 Å². The van der Waals surface area contributed by atoms with Crippen LogP contribution in [0.2, 0.25) is 0 Å². The third-order valence-corrected chi connectivity index (χ3v) is 3.61. The lowest BCUT2D eigenvalue weighted by molar-refractivity contribution is 0.0983. The maximum Gasteiger partial charge on any atom is 0.203 e. The number of para-hydroxylation sites is 2. The van der Waals surface area contributed by atoms with Crippen molar-refractivity contribution in [3.63, 3.8) is 0 Å². The molecule has 5 heteroatoms. The summed E-state index contributed by atoms with van der Waals surface area (Å²) in [5.41, 5.74) is 1.95. The van der Waals surface area contributed by atoms with Gasteiger partial charge >= 0.3 is 0 Å². The maximum atomic E-state index is 12.4. The predicted octanol–water partition coefficient (Wildman–Crippen LogP) is 4.02. The number of Topliss-reactive ketones (excluding diaryl/α,β-unsaturated/α-hetero) is 1. The Morgan fingerprint density at radius 2 is 2.10 bits per heavy atom. The molecule has 0 saturated heterocycles. The van der Waals surface area contributed by atoms with Crippen LogP contribution in [0.1, 0.15) is 16.2 Å². The number of benzene rings is 2. The molecule has 0 fully saturated rings. The van der Waals surface area contributed by atoms with Gasteiger partial charge in [-0.2, -0.15) is 0 Å². The zero-order valence-electron chi connectivity index (χ0n) is 11.3. The van der Waals surface area contributed by atoms with Crippen LogP contribution in [0.4, 0.5) is 0 Å². The molecule has 0 saturated carbocycles. The van der Waals surface area contributed by atoms with Crippen molar-refractivity contribution in [2.45, 2.75) is 6.42 Å². The van der Waals surface area contributed by atoms with E-state index >= 15 is 0 Å². The van der Waals surface area contributed by atoms with Crippen LogP contribution in [-0.4, -0.2) is 17.9 Å². The topological polar surface area (TPSA) is 52.3 Å². The standard InChI is InChI=1S/C16H12BrNO3/c1-20-15-8-10(17)6-7-11(15)13(19)9-16-18-12-4-2-3-5-14(12)21-16/h2-8H,9H2,1H3. The van der Waals surface area contributed by atoms with E-state index in [9.17, 15) is 4.79 Å². The molecule has 0 atom stereocenters. The number of rotatable bonds is 4. The van der Waals surface area contributed by atoms with Crippen LogP contribution >= 0.6 is 15.9 Å². The molecule has 0 aliphatic heterocycles. The Hall–Kier alpha value is -2.14. The molecular formula is C16H12BrNO3. The van der Waals surface area contributed by atoms with Crippen molar-refractivity contribution in [1.82, 2.24) is 4.98 Å². The number of methoxy groups -OCH3 is 1. The molecule has 0 aliphatic rings. The van der Waals surface area contributed by atoms with Gasteiger partial charge in [0.1, 0.15) is 11.3 Å². The molecule has 0 spiro atoms. The van der Waals surface area contributed by atoms with E-state index in [1.807, 2.05) is 30.3 Å². The van der Waals surface area contributed by atoms with Gasteiger partial charge in [0.25, 0.3) is 0 Å². The highest BCUT2D eigenvalue weighted by Gasteiger charge is 2.16. The van der Waals surface area contributed by atoms with Crippen molar-refractivity contribution in [2.75, 3.05) is 7.11 Å². The summed E-state index contributed by atoms with van der Waals surface area (Å²) in [6.45, 7) is 0. The van der Waals surface area contributed by atoms with Crippen LogP contribution in [0.5, 0.6) is 5.75 Å². The normalized spacial score (nSPS) is 10.8. The molecule has 0 N–H and O–H groups in total. The van der Waals surface area contributed by atoms with Crippen LogP contribution in [0.25, 0.3) is 11.1 Å². The van der Waals surface area contributed by atoms with E-state index in [2.05, 4.69) is 20.9 Å². The van der Waals surface area contributed by atoms with Gasteiger partial charge in [-0.1, -0.05) is 28.1 Å². The number of nitrogens with zero attached hydrogens (tertiary/aromatic N) is 1. The smallest absolute Gasteiger partial charge is 0.203 e. The summed E-state index contributed by atoms with van der Waals surface area (Å²) >= 11 is 3.35. The van der Waals surface area contributed by atoms with E-state index in [0.717, 1.165) is 9.99 Å². The van der Waals surface area contributed by atoms with E-state index in [4.69, 9.17) is 9.15 Å². The van der Waals surface area contributed by atoms with Crippen molar-refractivity contribution in [2.24, 2.45) is 0 Å². The van der Waals surface area contributed by atoms with Crippen LogP contribution in [0, 0.1) is 0 Å². The number of carbonyl (C=O) groups excluding carboxylic acids is 1. The van der Waals surface area contributed by atoms with Gasteiger partial charge in [-0.3, -0.25) is 4.79 Å². The lowest BCUT2D eigenvalue weighted by atomic mass is 10.1. The minimum atomic E-state index is -0.0918. The zero-order chi connectivity index (χ0) is 14.8. The fourth-order valence-electron chi connectivity index (χ4n) is 2.12. The van der Waals surface area contributed by atoms with E-state index in [1.165, 1.54) is 7.11 Å². The van der Waals surface area contributed by atoms with Gasteiger partial charge in [0.15, 0.2) is 11.4 Å². The van der Waals surface area contributed by atoms with Crippen LogP contribution in [0.3, 0.4) is 0 Å². The van der Waals surface area contributed by atoms with Crippen LogP contribution in [0.15, 0.2) is 51.4 Å². The largest absolute Gasteiger partial charge is 0.496 e. The number of halogens is 1. The number of carbonyl (C=O) groups is 1. The number of ether oxygens (including phenoxy) is 1. The second-order valence-corrected chi connectivity index (χ2v) is 5.44. The molecule has 0 bridgehead atoms. The average Bonchev–Trinajstić information content (AvgIpc) is 2.88. The highest BCUT2D eigenvalue weighted by molar-refractivity contribution is 9.10. The number of hydrogen-bond acceptors (Lipinski definition) is 4. The summed E-state index contributed by atoms with van der Waals surface area (Å²) in [6, 6.07) is 12.7. The molecule has 2 aromatic carbocycles. The molecule has 4 nitrogen and oxygen atoms in total. The third-order valence-electron chi connectivity index (χ3n) is 3.11. The van der Waals surface area contributed by atoms with Crippen molar-refractivity contribution in [1.29, 1.82) is 0 Å². The van der Waals surface area contributed by atoms with Crippen molar-refractivity contribution >= 4 is 32.8 Å². The van der Waals surface area contributed by atoms with Gasteiger partial charge < -0.3 is 9.15 Å². The fourth-order valence-corrected chi connectivity index (χ4v) is 2.46. The monoisotopic (exact) mass is 345 g/mol. The van der Waals surface area contributed by atoms with Crippen molar-refractivity contribution in [3.8, 4) is 5.75 Å². The van der Waals surface area contributed by atoms with Gasteiger partial charge in [-0.15, -0.1) is 0 Å². The molecule has 0 aliphatic carbocycles. The molecule has 3 rings (SSSR count). The maximum absolute atomic E-state index is 12.4. The number of hydrogen-bond donors (Lipinski definition) is 0. The minimum absolute atomic E-state index is 0.0918. The lowest BCUT2D eigenvalue weighted by Crippen LogP contribution is -2.06. The highest BCUT2D eigenvalue weighted by Crippen LogP contribution is 2.25. The Balaban J connectivity index is 1.89. The van der Waals surface area contributed by atoms with E-state index in [-0.39, 0.29) is 12.2 Å². The fraction of sp³-hybridized carbons (Fsp3) is 0.125. The Labute approximate surface area is 129 Å². The average molecular weight is 346 g/mol. The van der Waals surface area contributed by atoms with Crippen molar-refractivity contribution in [3.05, 3.63) is 58.4 Å². The summed E-state index contributed by atoms with van der Waals surface area (Å²) in [5, 5.41) is 0. The first kappa shape index (κ1) is 13.8. The predicted molar refractivity (Wildman–Crippen MR) is 82.7 cm³/mol. The number of oxazole rings is 1. The van der Waals surface area contributed by atoms with Crippen LogP contribution in [-0.2, 0) is 6.42 Å². The number of ketones is 1.